The van der Waals surface area contributed by atoms with E-state index in [0.29, 0.717) is 34.1 Å². The fourth-order valence-corrected chi connectivity index (χ4v) is 3.36. The topological polar surface area (TPSA) is 100 Å². The van der Waals surface area contributed by atoms with Crippen molar-refractivity contribution in [1.82, 2.24) is 0 Å². The van der Waals surface area contributed by atoms with Gasteiger partial charge in [-0.3, -0.25) is 9.59 Å². The van der Waals surface area contributed by atoms with Gasteiger partial charge in [-0.15, -0.1) is 0 Å². The molecular weight excluding hydrogens is 450 g/mol. The number of anilines is 1. The van der Waals surface area contributed by atoms with Crippen molar-refractivity contribution >= 4 is 29.4 Å². The smallest absolute Gasteiger partial charge is 0.338 e. The van der Waals surface area contributed by atoms with E-state index in [1.807, 2.05) is 12.1 Å². The van der Waals surface area contributed by atoms with E-state index in [0.717, 1.165) is 5.56 Å². The number of esters is 1. The number of allylic oxidation sites excluding steroid dienone is 1. The first-order valence-electron chi connectivity index (χ1n) is 10.9. The zero-order chi connectivity index (χ0) is 24.8. The van der Waals surface area contributed by atoms with Crippen molar-refractivity contribution in [2.45, 2.75) is 6.92 Å². The average molecular weight is 473 g/mol. The predicted octanol–water partition coefficient (Wildman–Crippen LogP) is 4.51. The van der Waals surface area contributed by atoms with Gasteiger partial charge < -0.3 is 24.3 Å². The Morgan fingerprint density at radius 2 is 1.69 bits per heavy atom. The Morgan fingerprint density at radius 3 is 2.37 bits per heavy atom. The Morgan fingerprint density at radius 1 is 0.971 bits per heavy atom. The molecule has 3 aromatic carbocycles. The second kappa shape index (κ2) is 10.6. The lowest BCUT2D eigenvalue weighted by Gasteiger charge is -2.09. The normalized spacial score (nSPS) is 13.1. The van der Waals surface area contributed by atoms with Crippen LogP contribution in [0.1, 0.15) is 33.2 Å². The van der Waals surface area contributed by atoms with Crippen LogP contribution in [0.3, 0.4) is 0 Å². The quantitative estimate of drug-likeness (QED) is 0.380. The van der Waals surface area contributed by atoms with Crippen LogP contribution in [0, 0.1) is 0 Å². The van der Waals surface area contributed by atoms with Crippen molar-refractivity contribution in [1.29, 1.82) is 0 Å². The van der Waals surface area contributed by atoms with Gasteiger partial charge in [0.15, 0.2) is 12.4 Å². The molecule has 1 aliphatic heterocycles. The fraction of sp³-hybridized carbons (Fsp3) is 0.148. The second-order valence-corrected chi connectivity index (χ2v) is 7.51. The summed E-state index contributed by atoms with van der Waals surface area (Å²) in [5.41, 5.74) is 2.13. The van der Waals surface area contributed by atoms with Gasteiger partial charge in [-0.05, 0) is 67.1 Å². The van der Waals surface area contributed by atoms with E-state index in [1.54, 1.807) is 74.7 Å². The van der Waals surface area contributed by atoms with Crippen LogP contribution < -0.4 is 19.5 Å². The summed E-state index contributed by atoms with van der Waals surface area (Å²) < 4.78 is 21.4. The van der Waals surface area contributed by atoms with Crippen molar-refractivity contribution in [3.8, 4) is 17.2 Å². The minimum atomic E-state index is -0.423. The molecule has 0 aromatic heterocycles. The second-order valence-electron chi connectivity index (χ2n) is 7.51. The summed E-state index contributed by atoms with van der Waals surface area (Å²) >= 11 is 0. The van der Waals surface area contributed by atoms with Crippen molar-refractivity contribution in [2.24, 2.45) is 0 Å². The highest BCUT2D eigenvalue weighted by Gasteiger charge is 2.27. The van der Waals surface area contributed by atoms with E-state index < -0.39 is 5.97 Å². The van der Waals surface area contributed by atoms with Gasteiger partial charge in [0, 0.05) is 11.8 Å². The molecule has 0 radical (unpaired) electrons. The van der Waals surface area contributed by atoms with Crippen LogP contribution in [0.15, 0.2) is 72.5 Å². The molecule has 0 saturated carbocycles. The average Bonchev–Trinajstić information content (AvgIpc) is 3.18. The molecule has 8 heteroatoms. The third-order valence-corrected chi connectivity index (χ3v) is 5.10. The van der Waals surface area contributed by atoms with Crippen molar-refractivity contribution < 1.29 is 33.3 Å². The van der Waals surface area contributed by atoms with E-state index in [2.05, 4.69) is 5.32 Å². The number of amides is 1. The molecule has 178 valence electrons. The van der Waals surface area contributed by atoms with Gasteiger partial charge in [-0.25, -0.2) is 4.79 Å². The molecule has 0 bridgehead atoms. The number of methoxy groups -OCH3 is 1. The highest BCUT2D eigenvalue weighted by molar-refractivity contribution is 6.14. The largest absolute Gasteiger partial charge is 0.497 e. The zero-order valence-corrected chi connectivity index (χ0v) is 19.2. The number of hydrogen-bond acceptors (Lipinski definition) is 7. The minimum Gasteiger partial charge on any atom is -0.497 e. The number of benzene rings is 3. The van der Waals surface area contributed by atoms with Crippen LogP contribution in [-0.2, 0) is 9.53 Å². The Hall–Kier alpha value is -4.59. The van der Waals surface area contributed by atoms with Crippen LogP contribution >= 0.6 is 0 Å². The molecule has 1 N–H and O–H groups in total. The van der Waals surface area contributed by atoms with E-state index >= 15 is 0 Å². The fourth-order valence-electron chi connectivity index (χ4n) is 3.36. The lowest BCUT2D eigenvalue weighted by atomic mass is 10.1. The monoisotopic (exact) mass is 473 g/mol. The van der Waals surface area contributed by atoms with Gasteiger partial charge in [0.25, 0.3) is 5.91 Å². The molecule has 8 nitrogen and oxygen atoms in total. The van der Waals surface area contributed by atoms with Crippen LogP contribution in [0.2, 0.25) is 0 Å². The summed E-state index contributed by atoms with van der Waals surface area (Å²) in [5.74, 6) is 0.628. The van der Waals surface area contributed by atoms with Gasteiger partial charge in [0.2, 0.25) is 5.78 Å². The molecule has 35 heavy (non-hydrogen) atoms. The summed E-state index contributed by atoms with van der Waals surface area (Å²) in [6.07, 6.45) is 1.66. The van der Waals surface area contributed by atoms with Gasteiger partial charge >= 0.3 is 5.97 Å². The first kappa shape index (κ1) is 23.6. The number of fused-ring (bicyclic) bond motifs is 1. The van der Waals surface area contributed by atoms with Gasteiger partial charge in [-0.1, -0.05) is 12.1 Å². The van der Waals surface area contributed by atoms with E-state index in [-0.39, 0.29) is 30.7 Å². The Labute approximate surface area is 202 Å². The number of Topliss-reactive ketones (excluding diaryl/α,β-unsaturated/α-hetero) is 1. The molecule has 0 atom stereocenters. The Balaban J connectivity index is 1.34. The number of carbonyl (C=O) groups is 3. The summed E-state index contributed by atoms with van der Waals surface area (Å²) in [5, 5.41) is 2.69. The summed E-state index contributed by atoms with van der Waals surface area (Å²) in [6.45, 7) is 1.77. The summed E-state index contributed by atoms with van der Waals surface area (Å²) in [6, 6.07) is 18.4. The maximum absolute atomic E-state index is 12.7. The molecule has 1 amide bonds. The van der Waals surface area contributed by atoms with E-state index in [9.17, 15) is 14.4 Å². The Kier molecular flexibility index (Phi) is 7.11. The van der Waals surface area contributed by atoms with Crippen molar-refractivity contribution in [2.75, 3.05) is 25.6 Å². The van der Waals surface area contributed by atoms with Crippen molar-refractivity contribution in [3.63, 3.8) is 0 Å². The van der Waals surface area contributed by atoms with Crippen molar-refractivity contribution in [3.05, 3.63) is 89.2 Å². The molecule has 3 aromatic rings. The maximum Gasteiger partial charge on any atom is 0.338 e. The third-order valence-electron chi connectivity index (χ3n) is 5.10. The molecule has 0 saturated heterocycles. The highest BCUT2D eigenvalue weighted by atomic mass is 16.5. The lowest BCUT2D eigenvalue weighted by Crippen LogP contribution is -2.20. The SMILES string of the molecule is CCOC(=O)c1ccc(NC(=O)COc2ccc3c(c2)O/C(=C/c2ccc(OC)cc2)C3=O)cc1. The van der Waals surface area contributed by atoms with Gasteiger partial charge in [0.05, 0.1) is 24.8 Å². The molecule has 1 heterocycles. The van der Waals surface area contributed by atoms with E-state index in [1.165, 1.54) is 0 Å². The molecule has 0 spiro atoms. The van der Waals surface area contributed by atoms with E-state index in [4.69, 9.17) is 18.9 Å². The van der Waals surface area contributed by atoms with Crippen LogP contribution in [0.25, 0.3) is 6.08 Å². The standard InChI is InChI=1S/C27H23NO7/c1-3-33-27(31)18-6-8-19(9-7-18)28-25(29)16-34-21-12-13-22-23(15-21)35-24(26(22)30)14-17-4-10-20(32-2)11-5-17/h4-15H,3,16H2,1-2H3,(H,28,29)/b24-14+. The number of carbonyl (C=O) groups excluding carboxylic acids is 3. The molecule has 0 unspecified atom stereocenters. The number of hydrogen-bond donors (Lipinski definition) is 1. The maximum atomic E-state index is 12.7. The van der Waals surface area contributed by atoms with Gasteiger partial charge in [0.1, 0.15) is 17.2 Å². The molecule has 4 rings (SSSR count). The number of nitrogens with one attached hydrogen (secondary N) is 1. The molecule has 0 fully saturated rings. The number of rotatable bonds is 8. The van der Waals surface area contributed by atoms with Gasteiger partial charge in [-0.2, -0.15) is 0 Å². The summed E-state index contributed by atoms with van der Waals surface area (Å²) in [4.78, 5) is 36.6. The first-order valence-corrected chi connectivity index (χ1v) is 10.9. The predicted molar refractivity (Wildman–Crippen MR) is 129 cm³/mol. The molecule has 0 aliphatic carbocycles. The summed E-state index contributed by atoms with van der Waals surface area (Å²) in [7, 11) is 1.59. The molecule has 1 aliphatic rings. The zero-order valence-electron chi connectivity index (χ0n) is 19.2. The van der Waals surface area contributed by atoms with Crippen LogP contribution in [0.5, 0.6) is 17.2 Å². The Bertz CT molecular complexity index is 1280. The molecular formula is C27H23NO7. The van der Waals surface area contributed by atoms with Crippen LogP contribution in [-0.4, -0.2) is 38.0 Å². The first-order chi connectivity index (χ1) is 17.0. The number of ether oxygens (including phenoxy) is 4. The number of ketones is 1. The lowest BCUT2D eigenvalue weighted by molar-refractivity contribution is -0.118. The van der Waals surface area contributed by atoms with Crippen LogP contribution in [0.4, 0.5) is 5.69 Å². The highest BCUT2D eigenvalue weighted by Crippen LogP contribution is 2.35. The minimum absolute atomic E-state index is 0.200. The third kappa shape index (κ3) is 5.67.